The summed E-state index contributed by atoms with van der Waals surface area (Å²) in [7, 11) is 1.62. The number of nitrogens with zero attached hydrogens (tertiary/aromatic N) is 2. The molecule has 6 heteroatoms. The number of rotatable bonds is 2. The summed E-state index contributed by atoms with van der Waals surface area (Å²) in [4.78, 5) is 28.3. The third-order valence-corrected chi connectivity index (χ3v) is 4.84. The Kier molecular flexibility index (Phi) is 3.39. The van der Waals surface area contributed by atoms with Crippen molar-refractivity contribution in [1.82, 2.24) is 4.90 Å². The second-order valence-corrected chi connectivity index (χ2v) is 6.42. The van der Waals surface area contributed by atoms with Crippen LogP contribution >= 0.6 is 0 Å². The smallest absolute Gasteiger partial charge is 0.414 e. The van der Waals surface area contributed by atoms with E-state index in [-0.39, 0.29) is 24.0 Å². The lowest BCUT2D eigenvalue weighted by atomic mass is 10.0. The zero-order valence-electron chi connectivity index (χ0n) is 13.2. The minimum atomic E-state index is -0.302. The van der Waals surface area contributed by atoms with Gasteiger partial charge in [0.05, 0.1) is 18.8 Å². The lowest BCUT2D eigenvalue weighted by molar-refractivity contribution is -0.133. The maximum atomic E-state index is 12.5. The Morgan fingerprint density at radius 2 is 2.13 bits per heavy atom. The molecule has 0 aromatic heterocycles. The van der Waals surface area contributed by atoms with E-state index in [1.807, 2.05) is 23.1 Å². The van der Waals surface area contributed by atoms with Crippen LogP contribution in [0.3, 0.4) is 0 Å². The summed E-state index contributed by atoms with van der Waals surface area (Å²) in [5, 5.41) is 0. The van der Waals surface area contributed by atoms with Crippen LogP contribution in [0.4, 0.5) is 10.5 Å². The van der Waals surface area contributed by atoms with Crippen LogP contribution in [0.25, 0.3) is 0 Å². The number of carbonyl (C=O) groups is 2. The molecule has 0 radical (unpaired) electrons. The Morgan fingerprint density at radius 3 is 2.87 bits per heavy atom. The first-order valence-corrected chi connectivity index (χ1v) is 8.09. The lowest BCUT2D eigenvalue weighted by Gasteiger charge is -2.32. The fourth-order valence-corrected chi connectivity index (χ4v) is 3.38. The van der Waals surface area contributed by atoms with Crippen molar-refractivity contribution in [2.24, 2.45) is 5.92 Å². The molecule has 1 aromatic rings. The fraction of sp³-hybridized carbons (Fsp3) is 0.529. The van der Waals surface area contributed by atoms with E-state index in [9.17, 15) is 9.59 Å². The van der Waals surface area contributed by atoms with Crippen LogP contribution < -0.4 is 9.64 Å². The zero-order chi connectivity index (χ0) is 16.0. The predicted molar refractivity (Wildman–Crippen MR) is 83.4 cm³/mol. The van der Waals surface area contributed by atoms with Crippen molar-refractivity contribution in [2.75, 3.05) is 25.2 Å². The summed E-state index contributed by atoms with van der Waals surface area (Å²) in [5.41, 5.74) is 1.76. The first kappa shape index (κ1) is 14.4. The van der Waals surface area contributed by atoms with Crippen LogP contribution in [-0.2, 0) is 16.1 Å². The molecule has 2 aliphatic heterocycles. The van der Waals surface area contributed by atoms with Crippen LogP contribution in [0.5, 0.6) is 5.75 Å². The van der Waals surface area contributed by atoms with E-state index in [1.54, 1.807) is 12.0 Å². The monoisotopic (exact) mass is 316 g/mol. The third kappa shape index (κ3) is 2.52. The van der Waals surface area contributed by atoms with E-state index in [4.69, 9.17) is 9.47 Å². The van der Waals surface area contributed by atoms with Gasteiger partial charge in [-0.3, -0.25) is 9.69 Å². The lowest BCUT2D eigenvalue weighted by Crippen LogP contribution is -2.42. The molecule has 0 bridgehead atoms. The zero-order valence-corrected chi connectivity index (χ0v) is 13.2. The Hall–Kier alpha value is -2.24. The molecule has 0 N–H and O–H groups in total. The van der Waals surface area contributed by atoms with Crippen LogP contribution in [0.1, 0.15) is 24.8 Å². The summed E-state index contributed by atoms with van der Waals surface area (Å²) in [5.74, 6) is 1.16. The standard InChI is InChI=1S/C17H20N2O4/c1-22-14-4-5-15-12(8-14)9-18(16(20)11-2-3-11)7-6-13-10-23-17(21)19(13)15/h4-5,8,11,13H,2-3,6-7,9-10H2,1H3/t13-/m0/s1. The summed E-state index contributed by atoms with van der Waals surface area (Å²) < 4.78 is 10.5. The number of fused-ring (bicyclic) bond motifs is 3. The first-order valence-electron chi connectivity index (χ1n) is 8.09. The van der Waals surface area contributed by atoms with Crippen molar-refractivity contribution in [3.05, 3.63) is 23.8 Å². The normalized spacial score (nSPS) is 23.5. The van der Waals surface area contributed by atoms with Crippen molar-refractivity contribution < 1.29 is 19.1 Å². The molecule has 2 heterocycles. The number of hydrogen-bond donors (Lipinski definition) is 0. The molecular weight excluding hydrogens is 296 g/mol. The number of carbonyl (C=O) groups excluding carboxylic acids is 2. The highest BCUT2D eigenvalue weighted by molar-refractivity contribution is 5.92. The van der Waals surface area contributed by atoms with Gasteiger partial charge in [-0.25, -0.2) is 4.79 Å². The maximum absolute atomic E-state index is 12.5. The minimum Gasteiger partial charge on any atom is -0.497 e. The van der Waals surface area contributed by atoms with Gasteiger partial charge in [-0.2, -0.15) is 0 Å². The van der Waals surface area contributed by atoms with Gasteiger partial charge in [0.25, 0.3) is 0 Å². The molecule has 4 rings (SSSR count). The topological polar surface area (TPSA) is 59.1 Å². The Morgan fingerprint density at radius 1 is 1.30 bits per heavy atom. The molecule has 23 heavy (non-hydrogen) atoms. The highest BCUT2D eigenvalue weighted by atomic mass is 16.6. The van der Waals surface area contributed by atoms with Crippen LogP contribution in [-0.4, -0.2) is 43.2 Å². The average Bonchev–Trinajstić information content (AvgIpc) is 3.33. The van der Waals surface area contributed by atoms with Gasteiger partial charge in [0.15, 0.2) is 0 Å². The second-order valence-electron chi connectivity index (χ2n) is 6.42. The number of hydrogen-bond acceptors (Lipinski definition) is 4. The highest BCUT2D eigenvalue weighted by Gasteiger charge is 2.39. The number of cyclic esters (lactones) is 1. The van der Waals surface area contributed by atoms with E-state index in [0.29, 0.717) is 19.7 Å². The summed E-state index contributed by atoms with van der Waals surface area (Å²) in [6, 6.07) is 5.63. The van der Waals surface area contributed by atoms with E-state index >= 15 is 0 Å². The van der Waals surface area contributed by atoms with Crippen LogP contribution in [0, 0.1) is 5.92 Å². The highest BCUT2D eigenvalue weighted by Crippen LogP contribution is 2.36. The van der Waals surface area contributed by atoms with Crippen molar-refractivity contribution in [2.45, 2.75) is 31.8 Å². The predicted octanol–water partition coefficient (Wildman–Crippen LogP) is 2.16. The van der Waals surface area contributed by atoms with E-state index < -0.39 is 0 Å². The third-order valence-electron chi connectivity index (χ3n) is 4.84. The molecule has 0 unspecified atom stereocenters. The molecule has 1 saturated heterocycles. The summed E-state index contributed by atoms with van der Waals surface area (Å²) >= 11 is 0. The number of ether oxygens (including phenoxy) is 2. The maximum Gasteiger partial charge on any atom is 0.414 e. The van der Waals surface area contributed by atoms with E-state index in [0.717, 1.165) is 36.3 Å². The van der Waals surface area contributed by atoms with Gasteiger partial charge in [0.1, 0.15) is 12.4 Å². The van der Waals surface area contributed by atoms with E-state index in [2.05, 4.69) is 0 Å². The Labute approximate surface area is 134 Å². The molecule has 0 spiro atoms. The van der Waals surface area contributed by atoms with Gasteiger partial charge in [0.2, 0.25) is 5.91 Å². The van der Waals surface area contributed by atoms with Gasteiger partial charge in [-0.1, -0.05) is 0 Å². The molecule has 6 nitrogen and oxygen atoms in total. The first-order chi connectivity index (χ1) is 11.2. The minimum absolute atomic E-state index is 0.00977. The molecular formula is C17H20N2O4. The van der Waals surface area contributed by atoms with Crippen molar-refractivity contribution in [1.29, 1.82) is 0 Å². The Bertz CT molecular complexity index is 656. The molecule has 122 valence electrons. The van der Waals surface area contributed by atoms with Crippen LogP contribution in [0.15, 0.2) is 18.2 Å². The number of amides is 2. The number of benzene rings is 1. The van der Waals surface area contributed by atoms with Crippen molar-refractivity contribution >= 4 is 17.7 Å². The van der Waals surface area contributed by atoms with Gasteiger partial charge in [-0.05, 0) is 43.0 Å². The second kappa shape index (κ2) is 5.44. The quantitative estimate of drug-likeness (QED) is 0.839. The van der Waals surface area contributed by atoms with Gasteiger partial charge in [-0.15, -0.1) is 0 Å². The van der Waals surface area contributed by atoms with Gasteiger partial charge >= 0.3 is 6.09 Å². The summed E-state index contributed by atoms with van der Waals surface area (Å²) in [6.07, 6.45) is 2.44. The van der Waals surface area contributed by atoms with Crippen molar-refractivity contribution in [3.8, 4) is 5.75 Å². The largest absolute Gasteiger partial charge is 0.497 e. The fourth-order valence-electron chi connectivity index (χ4n) is 3.38. The number of methoxy groups -OCH3 is 1. The van der Waals surface area contributed by atoms with Crippen LogP contribution in [0.2, 0.25) is 0 Å². The van der Waals surface area contributed by atoms with E-state index in [1.165, 1.54) is 0 Å². The molecule has 2 amide bonds. The molecule has 1 aromatic carbocycles. The van der Waals surface area contributed by atoms with Gasteiger partial charge in [0, 0.05) is 19.0 Å². The molecule has 1 saturated carbocycles. The summed E-state index contributed by atoms with van der Waals surface area (Å²) in [6.45, 7) is 1.55. The molecule has 1 atom stereocenters. The van der Waals surface area contributed by atoms with Crippen molar-refractivity contribution in [3.63, 3.8) is 0 Å². The molecule has 3 aliphatic rings. The number of anilines is 1. The Balaban J connectivity index is 1.73. The average molecular weight is 316 g/mol. The van der Waals surface area contributed by atoms with Gasteiger partial charge < -0.3 is 14.4 Å². The SMILES string of the molecule is COc1ccc2c(c1)CN(C(=O)C1CC1)CC[C@H]1COC(=O)N21. The molecule has 2 fully saturated rings. The molecule has 1 aliphatic carbocycles.